The number of thiophene rings is 1. The van der Waals surface area contributed by atoms with Crippen molar-refractivity contribution in [3.63, 3.8) is 0 Å². The van der Waals surface area contributed by atoms with Gasteiger partial charge in [0.15, 0.2) is 0 Å². The number of carbonyl (C=O) groups excluding carboxylic acids is 2. The van der Waals surface area contributed by atoms with Gasteiger partial charge in [0.05, 0.1) is 12.8 Å². The van der Waals surface area contributed by atoms with E-state index in [1.807, 2.05) is 0 Å². The molecule has 0 bridgehead atoms. The minimum Gasteiger partial charge on any atom is -0.465 e. The molecule has 2 rings (SSSR count). The third-order valence-corrected chi connectivity index (χ3v) is 4.56. The zero-order valence-electron chi connectivity index (χ0n) is 11.9. The maximum atomic E-state index is 12.1. The number of anilines is 2. The Morgan fingerprint density at radius 3 is 2.40 bits per heavy atom. The fourth-order valence-electron chi connectivity index (χ4n) is 2.24. The van der Waals surface area contributed by atoms with Crippen LogP contribution in [0.5, 0.6) is 0 Å². The highest BCUT2D eigenvalue weighted by Gasteiger charge is 2.30. The number of amides is 1. The second-order valence-electron chi connectivity index (χ2n) is 4.91. The lowest BCUT2D eigenvalue weighted by atomic mass is 10.2. The highest BCUT2D eigenvalue weighted by atomic mass is 32.1. The number of rotatable bonds is 3. The predicted molar refractivity (Wildman–Crippen MR) is 79.5 cm³/mol. The Balaban J connectivity index is 2.51. The highest BCUT2D eigenvalue weighted by Crippen LogP contribution is 2.40. The molecular weight excluding hydrogens is 278 g/mol. The van der Waals surface area contributed by atoms with Gasteiger partial charge >= 0.3 is 5.97 Å². The molecule has 1 fully saturated rings. The van der Waals surface area contributed by atoms with Crippen molar-refractivity contribution < 1.29 is 14.3 Å². The van der Waals surface area contributed by atoms with Gasteiger partial charge < -0.3 is 20.3 Å². The zero-order chi connectivity index (χ0) is 14.9. The van der Waals surface area contributed by atoms with Crippen molar-refractivity contribution in [1.82, 2.24) is 4.90 Å². The Morgan fingerprint density at radius 1 is 1.30 bits per heavy atom. The molecule has 0 radical (unpaired) electrons. The van der Waals surface area contributed by atoms with Crippen molar-refractivity contribution in [2.75, 3.05) is 44.9 Å². The summed E-state index contributed by atoms with van der Waals surface area (Å²) in [6, 6.07) is 0. The van der Waals surface area contributed by atoms with E-state index < -0.39 is 5.97 Å². The Labute approximate surface area is 122 Å². The van der Waals surface area contributed by atoms with E-state index in [0.29, 0.717) is 10.4 Å². The van der Waals surface area contributed by atoms with Crippen LogP contribution in [0.15, 0.2) is 0 Å². The lowest BCUT2D eigenvalue weighted by molar-refractivity contribution is 0.0603. The summed E-state index contributed by atoms with van der Waals surface area (Å²) in [4.78, 5) is 28.1. The van der Waals surface area contributed by atoms with Gasteiger partial charge in [-0.05, 0) is 12.8 Å². The van der Waals surface area contributed by atoms with Crippen LogP contribution in [0.3, 0.4) is 0 Å². The molecule has 0 aromatic carbocycles. The minimum atomic E-state index is -0.488. The molecule has 0 aliphatic carbocycles. The first-order valence-corrected chi connectivity index (χ1v) is 7.26. The van der Waals surface area contributed by atoms with Crippen LogP contribution in [0.4, 0.5) is 10.7 Å². The maximum Gasteiger partial charge on any atom is 0.343 e. The zero-order valence-corrected chi connectivity index (χ0v) is 12.7. The van der Waals surface area contributed by atoms with Gasteiger partial charge in [0.1, 0.15) is 15.4 Å². The van der Waals surface area contributed by atoms with Gasteiger partial charge in [-0.3, -0.25) is 4.79 Å². The molecule has 1 amide bonds. The second kappa shape index (κ2) is 5.70. The average Bonchev–Trinajstić information content (AvgIpc) is 3.04. The van der Waals surface area contributed by atoms with Crippen LogP contribution < -0.4 is 10.6 Å². The number of nitrogens with two attached hydrogens (primary N) is 1. The van der Waals surface area contributed by atoms with Crippen LogP contribution in [-0.4, -0.2) is 51.1 Å². The Hall–Kier alpha value is -1.76. The van der Waals surface area contributed by atoms with Gasteiger partial charge in [0.25, 0.3) is 5.91 Å². The van der Waals surface area contributed by atoms with Crippen molar-refractivity contribution in [1.29, 1.82) is 0 Å². The van der Waals surface area contributed by atoms with Crippen molar-refractivity contribution in [3.8, 4) is 0 Å². The first-order chi connectivity index (χ1) is 9.47. The third kappa shape index (κ3) is 2.45. The lowest BCUT2D eigenvalue weighted by Crippen LogP contribution is -2.21. The van der Waals surface area contributed by atoms with Gasteiger partial charge in [-0.2, -0.15) is 0 Å². The van der Waals surface area contributed by atoms with Crippen molar-refractivity contribution in [3.05, 3.63) is 10.4 Å². The van der Waals surface area contributed by atoms with E-state index >= 15 is 0 Å². The Morgan fingerprint density at radius 2 is 1.90 bits per heavy atom. The molecule has 1 aliphatic rings. The molecule has 2 N–H and O–H groups in total. The Bertz CT molecular complexity index is 533. The molecule has 1 aromatic rings. The van der Waals surface area contributed by atoms with E-state index in [2.05, 4.69) is 4.90 Å². The molecule has 6 nitrogen and oxygen atoms in total. The lowest BCUT2D eigenvalue weighted by Gasteiger charge is -2.16. The summed E-state index contributed by atoms with van der Waals surface area (Å²) in [5.74, 6) is -0.679. The first kappa shape index (κ1) is 14.6. The summed E-state index contributed by atoms with van der Waals surface area (Å²) in [7, 11) is 4.64. The quantitative estimate of drug-likeness (QED) is 0.854. The van der Waals surface area contributed by atoms with Gasteiger partial charge in [-0.1, -0.05) is 0 Å². The van der Waals surface area contributed by atoms with E-state index in [0.717, 1.165) is 30.9 Å². The SMILES string of the molecule is COC(=O)c1c(N2CCCC2)sc(C(=O)N(C)C)c1N. The molecule has 20 heavy (non-hydrogen) atoms. The number of hydrogen-bond donors (Lipinski definition) is 1. The summed E-state index contributed by atoms with van der Waals surface area (Å²) in [6.07, 6.45) is 2.16. The van der Waals surface area contributed by atoms with Gasteiger partial charge in [-0.25, -0.2) is 4.79 Å². The van der Waals surface area contributed by atoms with Crippen molar-refractivity contribution >= 4 is 33.9 Å². The number of esters is 1. The third-order valence-electron chi connectivity index (χ3n) is 3.31. The standard InChI is InChI=1S/C13H19N3O3S/c1-15(2)11(17)10-9(14)8(13(18)19-3)12(20-10)16-6-4-5-7-16/h4-7,14H2,1-3H3. The van der Waals surface area contributed by atoms with Gasteiger partial charge in [0.2, 0.25) is 0 Å². The fraction of sp³-hybridized carbons (Fsp3) is 0.538. The minimum absolute atomic E-state index is 0.192. The number of nitrogens with zero attached hydrogens (tertiary/aromatic N) is 2. The number of ether oxygens (including phenoxy) is 1. The van der Waals surface area contributed by atoms with Crippen LogP contribution in [0.25, 0.3) is 0 Å². The monoisotopic (exact) mass is 297 g/mol. The average molecular weight is 297 g/mol. The smallest absolute Gasteiger partial charge is 0.343 e. The summed E-state index contributed by atoms with van der Waals surface area (Å²) >= 11 is 1.27. The summed E-state index contributed by atoms with van der Waals surface area (Å²) in [5, 5.41) is 0.747. The number of hydrogen-bond acceptors (Lipinski definition) is 6. The summed E-state index contributed by atoms with van der Waals surface area (Å²) in [6.45, 7) is 1.75. The van der Waals surface area contributed by atoms with E-state index in [1.165, 1.54) is 23.3 Å². The molecule has 7 heteroatoms. The second-order valence-corrected chi connectivity index (χ2v) is 5.91. The normalized spacial score (nSPS) is 14.4. The molecule has 110 valence electrons. The molecule has 0 unspecified atom stereocenters. The highest BCUT2D eigenvalue weighted by molar-refractivity contribution is 7.19. The van der Waals surface area contributed by atoms with Crippen molar-refractivity contribution in [2.24, 2.45) is 0 Å². The number of carbonyl (C=O) groups is 2. The molecule has 0 saturated carbocycles. The Kier molecular flexibility index (Phi) is 4.17. The number of methoxy groups -OCH3 is 1. The van der Waals surface area contributed by atoms with E-state index in [-0.39, 0.29) is 11.6 Å². The van der Waals surface area contributed by atoms with Crippen LogP contribution in [0, 0.1) is 0 Å². The molecular formula is C13H19N3O3S. The van der Waals surface area contributed by atoms with E-state index in [1.54, 1.807) is 14.1 Å². The molecule has 0 spiro atoms. The van der Waals surface area contributed by atoms with E-state index in [9.17, 15) is 9.59 Å². The largest absolute Gasteiger partial charge is 0.465 e. The fourth-order valence-corrected chi connectivity index (χ4v) is 3.52. The van der Waals surface area contributed by atoms with Crippen LogP contribution in [0.2, 0.25) is 0 Å². The maximum absolute atomic E-state index is 12.1. The molecule has 1 aromatic heterocycles. The molecule has 2 heterocycles. The first-order valence-electron chi connectivity index (χ1n) is 6.44. The predicted octanol–water partition coefficient (Wildman–Crippen LogP) is 1.42. The summed E-state index contributed by atoms with van der Waals surface area (Å²) < 4.78 is 4.81. The van der Waals surface area contributed by atoms with E-state index in [4.69, 9.17) is 10.5 Å². The van der Waals surface area contributed by atoms with Gasteiger partial charge in [-0.15, -0.1) is 11.3 Å². The van der Waals surface area contributed by atoms with Crippen LogP contribution in [0.1, 0.15) is 32.9 Å². The van der Waals surface area contributed by atoms with Crippen molar-refractivity contribution in [2.45, 2.75) is 12.8 Å². The van der Waals surface area contributed by atoms with Crippen LogP contribution >= 0.6 is 11.3 Å². The topological polar surface area (TPSA) is 75.9 Å². The molecule has 0 atom stereocenters. The van der Waals surface area contributed by atoms with Gasteiger partial charge in [0, 0.05) is 27.2 Å². The molecule has 1 saturated heterocycles. The number of nitrogen functional groups attached to an aromatic ring is 1. The summed E-state index contributed by atoms with van der Waals surface area (Å²) in [5.41, 5.74) is 6.57. The molecule has 1 aliphatic heterocycles. The van der Waals surface area contributed by atoms with Crippen LogP contribution in [-0.2, 0) is 4.74 Å².